The summed E-state index contributed by atoms with van der Waals surface area (Å²) in [4.78, 5) is 2.32. The number of hydrogen-bond acceptors (Lipinski definition) is 5. The van der Waals surface area contributed by atoms with Gasteiger partial charge < -0.3 is 4.90 Å². The monoisotopic (exact) mass is 441 g/mol. The fraction of sp³-hybridized carbons (Fsp3) is 0.700. The van der Waals surface area contributed by atoms with E-state index in [0.717, 1.165) is 44.1 Å². The zero-order chi connectivity index (χ0) is 20.8. The van der Waals surface area contributed by atoms with Crippen LogP contribution in [0.1, 0.15) is 44.1 Å². The summed E-state index contributed by atoms with van der Waals surface area (Å²) in [6.45, 7) is 0.911. The molecule has 2 heterocycles. The number of sulfonamides is 2. The maximum Gasteiger partial charge on any atom is 0.243 e. The minimum Gasteiger partial charge on any atom is -0.306 e. The predicted molar refractivity (Wildman–Crippen MR) is 112 cm³/mol. The fourth-order valence-electron chi connectivity index (χ4n) is 5.03. The highest BCUT2D eigenvalue weighted by Gasteiger charge is 2.37. The first-order valence-electron chi connectivity index (χ1n) is 10.5. The smallest absolute Gasteiger partial charge is 0.243 e. The number of fused-ring (bicyclic) bond motifs is 1. The first-order valence-corrected chi connectivity index (χ1v) is 13.4. The van der Waals surface area contributed by atoms with Crippen LogP contribution in [0.5, 0.6) is 0 Å². The maximum absolute atomic E-state index is 13.1. The van der Waals surface area contributed by atoms with Crippen molar-refractivity contribution in [2.75, 3.05) is 27.2 Å². The summed E-state index contributed by atoms with van der Waals surface area (Å²) in [6.07, 6.45) is 6.60. The second kappa shape index (κ2) is 7.92. The Labute approximate surface area is 174 Å². The third kappa shape index (κ3) is 4.12. The molecule has 1 aliphatic carbocycles. The van der Waals surface area contributed by atoms with Crippen molar-refractivity contribution in [3.8, 4) is 0 Å². The van der Waals surface area contributed by atoms with E-state index in [0.29, 0.717) is 31.5 Å². The van der Waals surface area contributed by atoms with Gasteiger partial charge in [0.1, 0.15) is 0 Å². The average Bonchev–Trinajstić information content (AvgIpc) is 3.22. The van der Waals surface area contributed by atoms with Crippen molar-refractivity contribution in [2.45, 2.75) is 66.8 Å². The molecule has 1 atom stereocenters. The molecule has 7 nitrogen and oxygen atoms in total. The highest BCUT2D eigenvalue weighted by Crippen LogP contribution is 2.35. The summed E-state index contributed by atoms with van der Waals surface area (Å²) in [5, 5.41) is 0. The number of nitrogens with one attached hydrogen (secondary N) is 1. The van der Waals surface area contributed by atoms with E-state index >= 15 is 0 Å². The molecule has 1 unspecified atom stereocenters. The lowest BCUT2D eigenvalue weighted by Gasteiger charge is -2.34. The van der Waals surface area contributed by atoms with Crippen LogP contribution < -0.4 is 4.72 Å². The molecule has 4 rings (SSSR count). The van der Waals surface area contributed by atoms with Gasteiger partial charge in [0, 0.05) is 25.2 Å². The van der Waals surface area contributed by atoms with E-state index in [4.69, 9.17) is 0 Å². The summed E-state index contributed by atoms with van der Waals surface area (Å²) in [5.74, 6) is 0.374. The molecule has 3 aliphatic rings. The van der Waals surface area contributed by atoms with Crippen LogP contribution in [0.25, 0.3) is 0 Å². The summed E-state index contributed by atoms with van der Waals surface area (Å²) < 4.78 is 56.3. The Hall–Kier alpha value is -1.00. The Morgan fingerprint density at radius 3 is 2.34 bits per heavy atom. The molecule has 2 fully saturated rings. The van der Waals surface area contributed by atoms with Crippen molar-refractivity contribution < 1.29 is 16.8 Å². The molecule has 1 saturated carbocycles. The Balaban J connectivity index is 1.58. The molecule has 9 heteroatoms. The average molecular weight is 442 g/mol. The number of rotatable bonds is 4. The van der Waals surface area contributed by atoms with Crippen LogP contribution in [0, 0.1) is 5.92 Å². The summed E-state index contributed by atoms with van der Waals surface area (Å²) >= 11 is 0. The van der Waals surface area contributed by atoms with Crippen molar-refractivity contribution >= 4 is 20.0 Å². The number of benzene rings is 1. The van der Waals surface area contributed by atoms with E-state index in [9.17, 15) is 16.8 Å². The third-order valence-corrected chi connectivity index (χ3v) is 10.3. The normalized spacial score (nSPS) is 26.7. The van der Waals surface area contributed by atoms with Gasteiger partial charge >= 0.3 is 0 Å². The van der Waals surface area contributed by atoms with E-state index in [1.165, 1.54) is 10.4 Å². The van der Waals surface area contributed by atoms with Gasteiger partial charge in [-0.3, -0.25) is 0 Å². The third-order valence-electron chi connectivity index (χ3n) is 6.83. The quantitative estimate of drug-likeness (QED) is 0.770. The van der Waals surface area contributed by atoms with E-state index in [2.05, 4.69) is 9.62 Å². The van der Waals surface area contributed by atoms with Gasteiger partial charge in [-0.1, -0.05) is 18.9 Å². The number of piperidine rings is 1. The van der Waals surface area contributed by atoms with Gasteiger partial charge in [-0.2, -0.15) is 4.31 Å². The van der Waals surface area contributed by atoms with Gasteiger partial charge in [0.25, 0.3) is 0 Å². The Morgan fingerprint density at radius 2 is 1.72 bits per heavy atom. The number of hydrogen-bond donors (Lipinski definition) is 1. The van der Waals surface area contributed by atoms with Crippen molar-refractivity contribution in [3.63, 3.8) is 0 Å². The molecule has 0 amide bonds. The Bertz CT molecular complexity index is 961. The van der Waals surface area contributed by atoms with Crippen LogP contribution in [0.15, 0.2) is 28.0 Å². The van der Waals surface area contributed by atoms with Crippen molar-refractivity contribution in [3.05, 3.63) is 23.8 Å². The van der Waals surface area contributed by atoms with Crippen LogP contribution in [-0.4, -0.2) is 65.3 Å². The standard InChI is InChI=1S/C20H31N3O4S2/c1-22(2)17-9-11-23(12-10-17)29(26,27)18-8-7-16-13-19(15-5-3-4-6-15)21-28(24,25)20(16)14-18/h7-8,14-15,17,19,21H,3-6,9-13H2,1-2H3. The highest BCUT2D eigenvalue weighted by atomic mass is 32.2. The van der Waals surface area contributed by atoms with Crippen LogP contribution in [0.2, 0.25) is 0 Å². The van der Waals surface area contributed by atoms with Crippen LogP contribution in [-0.2, 0) is 26.5 Å². The highest BCUT2D eigenvalue weighted by molar-refractivity contribution is 7.90. The molecule has 1 aromatic rings. The van der Waals surface area contributed by atoms with Crippen LogP contribution in [0.3, 0.4) is 0 Å². The first-order chi connectivity index (χ1) is 13.7. The molecule has 1 N–H and O–H groups in total. The van der Waals surface area contributed by atoms with Crippen LogP contribution >= 0.6 is 0 Å². The van der Waals surface area contributed by atoms with Gasteiger partial charge in [-0.05, 0) is 69.8 Å². The van der Waals surface area contributed by atoms with Gasteiger partial charge in [-0.15, -0.1) is 0 Å². The zero-order valence-corrected chi connectivity index (χ0v) is 18.8. The van der Waals surface area contributed by atoms with Gasteiger partial charge in [0.15, 0.2) is 0 Å². The lowest BCUT2D eigenvalue weighted by molar-refractivity contribution is 0.196. The topological polar surface area (TPSA) is 86.8 Å². The fourth-order valence-corrected chi connectivity index (χ4v) is 8.18. The molecule has 1 aromatic carbocycles. The molecule has 0 spiro atoms. The van der Waals surface area contributed by atoms with E-state index in [1.807, 2.05) is 14.1 Å². The van der Waals surface area contributed by atoms with Gasteiger partial charge in [0.05, 0.1) is 9.79 Å². The second-order valence-corrected chi connectivity index (χ2v) is 12.5. The van der Waals surface area contributed by atoms with Gasteiger partial charge in [0.2, 0.25) is 20.0 Å². The summed E-state index contributed by atoms with van der Waals surface area (Å²) in [6, 6.07) is 4.94. The minimum absolute atomic E-state index is 0.0734. The first kappa shape index (κ1) is 21.2. The molecule has 1 saturated heterocycles. The lowest BCUT2D eigenvalue weighted by atomic mass is 9.93. The SMILES string of the molecule is CN(C)C1CCN(S(=O)(=O)c2ccc3c(c2)S(=O)(=O)NC(C2CCCC2)C3)CC1. The maximum atomic E-state index is 13.1. The summed E-state index contributed by atoms with van der Waals surface area (Å²) in [5.41, 5.74) is 0.728. The van der Waals surface area contributed by atoms with Crippen LogP contribution in [0.4, 0.5) is 0 Å². The molecule has 0 radical (unpaired) electrons. The zero-order valence-electron chi connectivity index (χ0n) is 17.2. The van der Waals surface area contributed by atoms with E-state index in [-0.39, 0.29) is 15.8 Å². The van der Waals surface area contributed by atoms with Crippen molar-refractivity contribution in [2.24, 2.45) is 5.92 Å². The Morgan fingerprint density at radius 1 is 1.07 bits per heavy atom. The van der Waals surface area contributed by atoms with E-state index < -0.39 is 20.0 Å². The molecule has 29 heavy (non-hydrogen) atoms. The molecule has 0 bridgehead atoms. The lowest BCUT2D eigenvalue weighted by Crippen LogP contribution is -2.45. The van der Waals surface area contributed by atoms with Crippen molar-refractivity contribution in [1.82, 2.24) is 13.9 Å². The largest absolute Gasteiger partial charge is 0.306 e. The van der Waals surface area contributed by atoms with E-state index in [1.54, 1.807) is 12.1 Å². The Kier molecular flexibility index (Phi) is 5.80. The molecular weight excluding hydrogens is 410 g/mol. The second-order valence-electron chi connectivity index (χ2n) is 8.84. The predicted octanol–water partition coefficient (Wildman–Crippen LogP) is 1.79. The molecule has 162 valence electrons. The minimum atomic E-state index is -3.70. The number of nitrogens with zero attached hydrogens (tertiary/aromatic N) is 2. The summed E-state index contributed by atoms with van der Waals surface area (Å²) in [7, 11) is -3.39. The molecule has 2 aliphatic heterocycles. The molecular formula is C20H31N3O4S2. The van der Waals surface area contributed by atoms with Gasteiger partial charge in [-0.25, -0.2) is 21.6 Å². The molecule has 0 aromatic heterocycles. The van der Waals surface area contributed by atoms with Crippen molar-refractivity contribution in [1.29, 1.82) is 0 Å².